The van der Waals surface area contributed by atoms with Gasteiger partial charge in [0.25, 0.3) is 0 Å². The van der Waals surface area contributed by atoms with Crippen LogP contribution in [-0.4, -0.2) is 74.9 Å². The fourth-order valence-electron chi connectivity index (χ4n) is 9.25. The van der Waals surface area contributed by atoms with Gasteiger partial charge in [-0.2, -0.15) is 0 Å². The Labute approximate surface area is 464 Å². The number of quaternary nitrogens is 1. The Morgan fingerprint density at radius 3 is 1.13 bits per heavy atom. The third-order valence-electron chi connectivity index (χ3n) is 14.1. The number of likely N-dealkylation sites (N-methyl/N-ethyl adjacent to an activating group) is 1. The molecular formula is C65H123NO8P+. The van der Waals surface area contributed by atoms with E-state index in [9.17, 15) is 19.0 Å². The van der Waals surface area contributed by atoms with Gasteiger partial charge in [0.15, 0.2) is 6.10 Å². The summed E-state index contributed by atoms with van der Waals surface area (Å²) in [7, 11) is 1.49. The van der Waals surface area contributed by atoms with Gasteiger partial charge >= 0.3 is 19.8 Å². The van der Waals surface area contributed by atoms with Gasteiger partial charge in [0.1, 0.15) is 19.8 Å². The van der Waals surface area contributed by atoms with Crippen LogP contribution in [0.25, 0.3) is 0 Å². The molecule has 0 saturated carbocycles. The maximum atomic E-state index is 12.8. The summed E-state index contributed by atoms with van der Waals surface area (Å²) in [5, 5.41) is 0. The Hall–Kier alpha value is -2.03. The summed E-state index contributed by atoms with van der Waals surface area (Å²) < 4.78 is 34.7. The van der Waals surface area contributed by atoms with E-state index < -0.39 is 26.5 Å². The maximum Gasteiger partial charge on any atom is 0.472 e. The molecule has 0 aromatic carbocycles. The highest BCUT2D eigenvalue weighted by Crippen LogP contribution is 2.43. The molecule has 0 aliphatic heterocycles. The van der Waals surface area contributed by atoms with Crippen molar-refractivity contribution in [3.63, 3.8) is 0 Å². The second-order valence-electron chi connectivity index (χ2n) is 22.8. The molecule has 0 aromatic rings. The van der Waals surface area contributed by atoms with Crippen molar-refractivity contribution in [1.29, 1.82) is 0 Å². The molecule has 0 fully saturated rings. The number of phosphoric ester groups is 1. The van der Waals surface area contributed by atoms with Crippen LogP contribution in [0.15, 0.2) is 48.6 Å². The van der Waals surface area contributed by atoms with E-state index in [1.165, 1.54) is 212 Å². The van der Waals surface area contributed by atoms with Gasteiger partial charge in [-0.3, -0.25) is 18.6 Å². The van der Waals surface area contributed by atoms with E-state index in [0.717, 1.165) is 57.8 Å². The van der Waals surface area contributed by atoms with Gasteiger partial charge in [0.2, 0.25) is 0 Å². The van der Waals surface area contributed by atoms with E-state index in [4.69, 9.17) is 18.5 Å². The molecule has 9 nitrogen and oxygen atoms in total. The zero-order valence-electron chi connectivity index (χ0n) is 50.0. The molecule has 2 atom stereocenters. The highest BCUT2D eigenvalue weighted by molar-refractivity contribution is 7.47. The molecule has 0 rings (SSSR count). The average molecular weight is 1080 g/mol. The van der Waals surface area contributed by atoms with Crippen molar-refractivity contribution in [3.8, 4) is 0 Å². The van der Waals surface area contributed by atoms with Gasteiger partial charge in [-0.05, 0) is 51.4 Å². The normalized spacial score (nSPS) is 13.5. The molecule has 0 amide bonds. The van der Waals surface area contributed by atoms with Crippen LogP contribution in [0, 0.1) is 0 Å². The Bertz CT molecular complexity index is 1410. The standard InChI is InChI=1S/C65H122NO8P/c1-6-8-10-12-14-16-18-20-22-24-26-28-30-32-33-34-36-38-40-42-44-46-48-50-52-54-56-58-65(68)74-63(62-73-75(69,70)72-60-59-66(3,4)5)61-71-64(67)57-55-53-51-49-47-45-43-41-39-37-35-31-29-27-25-23-21-19-17-15-13-11-9-7-2/h8,10,14,16,20,22,26,28,63H,6-7,9,11-13,15,17-19,21,23-25,27,29-62H2,1-5H3/p+1/b10-8-,16-14-,22-20-,28-26-. The lowest BCUT2D eigenvalue weighted by atomic mass is 10.0. The summed E-state index contributed by atoms with van der Waals surface area (Å²) >= 11 is 0. The van der Waals surface area contributed by atoms with Crippen LogP contribution >= 0.6 is 7.82 Å². The second-order valence-corrected chi connectivity index (χ2v) is 24.2. The first-order valence-electron chi connectivity index (χ1n) is 31.9. The number of nitrogens with zero attached hydrogens (tertiary/aromatic N) is 1. The Morgan fingerprint density at radius 1 is 0.427 bits per heavy atom. The number of carbonyl (C=O) groups excluding carboxylic acids is 2. The van der Waals surface area contributed by atoms with Crippen molar-refractivity contribution in [2.24, 2.45) is 0 Å². The van der Waals surface area contributed by atoms with E-state index in [2.05, 4.69) is 62.5 Å². The first kappa shape index (κ1) is 73.0. The SMILES string of the molecule is CC/C=C\C/C=C\C/C=C\C/C=C\CCCCCCCCCCCCCCCCC(=O)OC(COC(=O)CCCCCCCCCCCCCCCCCCCCCCCCCC)COP(=O)(O)OCC[N+](C)(C)C. The molecule has 0 aromatic heterocycles. The summed E-state index contributed by atoms with van der Waals surface area (Å²) in [6.45, 7) is 4.38. The monoisotopic (exact) mass is 1080 g/mol. The van der Waals surface area contributed by atoms with Crippen LogP contribution in [0.1, 0.15) is 303 Å². The largest absolute Gasteiger partial charge is 0.472 e. The topological polar surface area (TPSA) is 108 Å². The smallest absolute Gasteiger partial charge is 0.462 e. The zero-order valence-corrected chi connectivity index (χ0v) is 50.9. The molecular weight excluding hydrogens is 954 g/mol. The van der Waals surface area contributed by atoms with Gasteiger partial charge in [-0.25, -0.2) is 4.57 Å². The molecule has 75 heavy (non-hydrogen) atoms. The van der Waals surface area contributed by atoms with Gasteiger partial charge in [-0.1, -0.05) is 287 Å². The van der Waals surface area contributed by atoms with Crippen LogP contribution in [0.2, 0.25) is 0 Å². The Kier molecular flexibility index (Phi) is 55.1. The maximum absolute atomic E-state index is 12.8. The summed E-state index contributed by atoms with van der Waals surface area (Å²) in [5.41, 5.74) is 0. The molecule has 0 radical (unpaired) electrons. The summed E-state index contributed by atoms with van der Waals surface area (Å²) in [4.78, 5) is 35.8. The van der Waals surface area contributed by atoms with Gasteiger partial charge in [0, 0.05) is 12.8 Å². The van der Waals surface area contributed by atoms with Crippen LogP contribution in [0.4, 0.5) is 0 Å². The molecule has 440 valence electrons. The van der Waals surface area contributed by atoms with E-state index in [1.54, 1.807) is 0 Å². The van der Waals surface area contributed by atoms with Crippen molar-refractivity contribution < 1.29 is 42.1 Å². The van der Waals surface area contributed by atoms with Crippen molar-refractivity contribution in [1.82, 2.24) is 0 Å². The zero-order chi connectivity index (χ0) is 54.9. The number of ether oxygens (including phenoxy) is 2. The first-order valence-corrected chi connectivity index (χ1v) is 33.4. The lowest BCUT2D eigenvalue weighted by molar-refractivity contribution is -0.870. The molecule has 1 N–H and O–H groups in total. The van der Waals surface area contributed by atoms with E-state index in [0.29, 0.717) is 23.9 Å². The minimum atomic E-state index is -4.39. The number of hydrogen-bond donors (Lipinski definition) is 1. The molecule has 0 bridgehead atoms. The number of carbonyl (C=O) groups is 2. The Morgan fingerprint density at radius 2 is 0.760 bits per heavy atom. The number of rotatable bonds is 59. The number of esters is 2. The molecule has 0 spiro atoms. The fraction of sp³-hybridized carbons (Fsp3) is 0.846. The highest BCUT2D eigenvalue weighted by atomic mass is 31.2. The van der Waals surface area contributed by atoms with Crippen molar-refractivity contribution in [2.45, 2.75) is 309 Å². The van der Waals surface area contributed by atoms with Crippen LogP contribution in [0.3, 0.4) is 0 Å². The van der Waals surface area contributed by atoms with Gasteiger partial charge in [0.05, 0.1) is 27.7 Å². The third-order valence-corrected chi connectivity index (χ3v) is 15.1. The van der Waals surface area contributed by atoms with Crippen LogP contribution in [-0.2, 0) is 32.7 Å². The number of unbranched alkanes of at least 4 members (excludes halogenated alkanes) is 37. The predicted molar refractivity (Wildman–Crippen MR) is 321 cm³/mol. The quantitative estimate of drug-likeness (QED) is 0.0211. The molecule has 0 heterocycles. The van der Waals surface area contributed by atoms with Crippen LogP contribution in [0.5, 0.6) is 0 Å². The Balaban J connectivity index is 4.07. The first-order chi connectivity index (χ1) is 36.5. The van der Waals surface area contributed by atoms with E-state index in [-0.39, 0.29) is 25.6 Å². The number of phosphoric acid groups is 1. The average Bonchev–Trinajstić information content (AvgIpc) is 3.37. The summed E-state index contributed by atoms with van der Waals surface area (Å²) in [5.74, 6) is -0.782. The predicted octanol–water partition coefficient (Wildman–Crippen LogP) is 20.1. The van der Waals surface area contributed by atoms with E-state index in [1.807, 2.05) is 21.1 Å². The van der Waals surface area contributed by atoms with E-state index >= 15 is 0 Å². The summed E-state index contributed by atoms with van der Waals surface area (Å²) in [6.07, 6.45) is 71.9. The highest BCUT2D eigenvalue weighted by Gasteiger charge is 2.27. The van der Waals surface area contributed by atoms with Crippen molar-refractivity contribution in [2.75, 3.05) is 47.5 Å². The summed E-state index contributed by atoms with van der Waals surface area (Å²) in [6, 6.07) is 0. The van der Waals surface area contributed by atoms with Gasteiger partial charge < -0.3 is 18.9 Å². The second kappa shape index (κ2) is 56.7. The fourth-order valence-corrected chi connectivity index (χ4v) is 9.99. The molecule has 0 aliphatic rings. The third kappa shape index (κ3) is 61.1. The minimum Gasteiger partial charge on any atom is -0.462 e. The lowest BCUT2D eigenvalue weighted by Crippen LogP contribution is -2.37. The number of hydrogen-bond acceptors (Lipinski definition) is 7. The van der Waals surface area contributed by atoms with Crippen molar-refractivity contribution >= 4 is 19.8 Å². The van der Waals surface area contributed by atoms with Crippen LogP contribution < -0.4 is 0 Å². The molecule has 0 saturated heterocycles. The van der Waals surface area contributed by atoms with Gasteiger partial charge in [-0.15, -0.1) is 0 Å². The molecule has 10 heteroatoms. The lowest BCUT2D eigenvalue weighted by Gasteiger charge is -2.24. The minimum absolute atomic E-state index is 0.0330. The molecule has 2 unspecified atom stereocenters. The van der Waals surface area contributed by atoms with Crippen molar-refractivity contribution in [3.05, 3.63) is 48.6 Å². The number of allylic oxidation sites excluding steroid dienone is 8. The molecule has 0 aliphatic carbocycles.